The number of nitrogens with zero attached hydrogens (tertiary/aromatic N) is 1. The van der Waals surface area contributed by atoms with Crippen molar-refractivity contribution in [1.82, 2.24) is 5.32 Å². The Balaban J connectivity index is 1.75. The third-order valence-electron chi connectivity index (χ3n) is 4.98. The number of anilines is 2. The maximum Gasteiger partial charge on any atom is 0.252 e. The lowest BCUT2D eigenvalue weighted by atomic mass is 10.0. The maximum atomic E-state index is 13.0. The fraction of sp³-hybridized carbons (Fsp3) is 0.318. The van der Waals surface area contributed by atoms with Crippen molar-refractivity contribution >= 4 is 29.1 Å². The van der Waals surface area contributed by atoms with Crippen LogP contribution in [0.25, 0.3) is 0 Å². The maximum absolute atomic E-state index is 13.0. The third-order valence-corrected chi connectivity index (χ3v) is 4.98. The van der Waals surface area contributed by atoms with Crippen molar-refractivity contribution in [3.05, 3.63) is 59.2 Å². The van der Waals surface area contributed by atoms with Gasteiger partial charge in [0.25, 0.3) is 5.91 Å². The van der Waals surface area contributed by atoms with Crippen molar-refractivity contribution in [2.45, 2.75) is 39.7 Å². The van der Waals surface area contributed by atoms with Crippen molar-refractivity contribution in [3.8, 4) is 0 Å². The molecule has 0 aromatic heterocycles. The number of benzene rings is 2. The van der Waals surface area contributed by atoms with Gasteiger partial charge in [-0.1, -0.05) is 24.3 Å². The molecule has 1 heterocycles. The smallest absolute Gasteiger partial charge is 0.252 e. The van der Waals surface area contributed by atoms with E-state index in [1.165, 1.54) is 6.92 Å². The zero-order valence-electron chi connectivity index (χ0n) is 16.4. The molecule has 6 heteroatoms. The lowest BCUT2D eigenvalue weighted by Gasteiger charge is -2.31. The molecule has 0 bridgehead atoms. The van der Waals surface area contributed by atoms with Crippen LogP contribution >= 0.6 is 0 Å². The van der Waals surface area contributed by atoms with E-state index in [0.717, 1.165) is 24.1 Å². The largest absolute Gasteiger partial charge is 0.340 e. The molecule has 0 spiro atoms. The number of para-hydroxylation sites is 1. The van der Waals surface area contributed by atoms with E-state index in [1.54, 1.807) is 36.9 Å². The van der Waals surface area contributed by atoms with E-state index in [9.17, 15) is 14.4 Å². The predicted octanol–water partition coefficient (Wildman–Crippen LogP) is 3.05. The molecule has 1 atom stereocenters. The molecule has 6 nitrogen and oxygen atoms in total. The molecule has 0 saturated heterocycles. The molecule has 2 aromatic carbocycles. The highest BCUT2D eigenvalue weighted by Gasteiger charge is 2.27. The van der Waals surface area contributed by atoms with Crippen LogP contribution in [0.15, 0.2) is 42.5 Å². The van der Waals surface area contributed by atoms with Crippen molar-refractivity contribution in [2.24, 2.45) is 0 Å². The monoisotopic (exact) mass is 379 g/mol. The highest BCUT2D eigenvalue weighted by molar-refractivity contribution is 6.04. The summed E-state index contributed by atoms with van der Waals surface area (Å²) in [5.74, 6) is -0.667. The van der Waals surface area contributed by atoms with E-state index < -0.39 is 6.04 Å². The van der Waals surface area contributed by atoms with Gasteiger partial charge in [-0.05, 0) is 56.0 Å². The Morgan fingerprint density at radius 2 is 1.82 bits per heavy atom. The van der Waals surface area contributed by atoms with E-state index in [-0.39, 0.29) is 17.7 Å². The molecule has 0 radical (unpaired) electrons. The summed E-state index contributed by atoms with van der Waals surface area (Å²) in [6, 6.07) is 12.4. The first-order valence-electron chi connectivity index (χ1n) is 9.46. The van der Waals surface area contributed by atoms with Gasteiger partial charge in [0, 0.05) is 30.4 Å². The Morgan fingerprint density at radius 1 is 1.07 bits per heavy atom. The molecule has 2 aromatic rings. The van der Waals surface area contributed by atoms with Crippen LogP contribution in [-0.2, 0) is 16.0 Å². The van der Waals surface area contributed by atoms with Gasteiger partial charge in [-0.25, -0.2) is 0 Å². The summed E-state index contributed by atoms with van der Waals surface area (Å²) in [5, 5.41) is 5.52. The van der Waals surface area contributed by atoms with Gasteiger partial charge in [0.1, 0.15) is 6.04 Å². The number of amides is 3. The van der Waals surface area contributed by atoms with Gasteiger partial charge >= 0.3 is 0 Å². The van der Waals surface area contributed by atoms with E-state index in [0.29, 0.717) is 23.4 Å². The number of carbonyl (C=O) groups excluding carboxylic acids is 3. The first-order valence-corrected chi connectivity index (χ1v) is 9.46. The number of carbonyl (C=O) groups is 3. The molecule has 28 heavy (non-hydrogen) atoms. The van der Waals surface area contributed by atoms with Crippen LogP contribution < -0.4 is 15.5 Å². The Labute approximate surface area is 164 Å². The van der Waals surface area contributed by atoms with Gasteiger partial charge in [-0.3, -0.25) is 14.4 Å². The average molecular weight is 379 g/mol. The van der Waals surface area contributed by atoms with Crippen LogP contribution in [0, 0.1) is 6.92 Å². The molecular formula is C22H25N3O3. The molecule has 0 aliphatic carbocycles. The molecule has 3 amide bonds. The summed E-state index contributed by atoms with van der Waals surface area (Å²) < 4.78 is 0. The van der Waals surface area contributed by atoms with Crippen molar-refractivity contribution in [2.75, 3.05) is 16.8 Å². The fourth-order valence-electron chi connectivity index (χ4n) is 3.54. The Hall–Kier alpha value is -3.15. The molecule has 2 N–H and O–H groups in total. The highest BCUT2D eigenvalue weighted by atomic mass is 16.2. The third kappa shape index (κ3) is 4.06. The summed E-state index contributed by atoms with van der Waals surface area (Å²) in [6.45, 7) is 5.54. The summed E-state index contributed by atoms with van der Waals surface area (Å²) in [5.41, 5.74) is 3.76. The van der Waals surface area contributed by atoms with Crippen LogP contribution in [-0.4, -0.2) is 30.3 Å². The van der Waals surface area contributed by atoms with Gasteiger partial charge in [0.05, 0.1) is 0 Å². The van der Waals surface area contributed by atoms with Crippen LogP contribution in [0.1, 0.15) is 41.8 Å². The van der Waals surface area contributed by atoms with Gasteiger partial charge < -0.3 is 15.5 Å². The van der Waals surface area contributed by atoms with Crippen molar-refractivity contribution in [1.29, 1.82) is 0 Å². The van der Waals surface area contributed by atoms with Crippen LogP contribution in [0.3, 0.4) is 0 Å². The van der Waals surface area contributed by atoms with Crippen molar-refractivity contribution in [3.63, 3.8) is 0 Å². The zero-order valence-corrected chi connectivity index (χ0v) is 16.4. The molecule has 0 saturated carbocycles. The fourth-order valence-corrected chi connectivity index (χ4v) is 3.54. The van der Waals surface area contributed by atoms with E-state index >= 15 is 0 Å². The average Bonchev–Trinajstić information content (AvgIpc) is 2.68. The molecule has 1 aliphatic heterocycles. The minimum atomic E-state index is -0.664. The topological polar surface area (TPSA) is 78.5 Å². The minimum absolute atomic E-state index is 0.129. The SMILES string of the molecule is CC(=O)Nc1cccc(C(=O)N[C@@H](C)C(=O)N2CCCc3ccccc32)c1C. The number of hydrogen-bond acceptors (Lipinski definition) is 3. The van der Waals surface area contributed by atoms with Crippen LogP contribution in [0.5, 0.6) is 0 Å². The Bertz CT molecular complexity index is 923. The number of aryl methyl sites for hydroxylation is 1. The van der Waals surface area contributed by atoms with Crippen molar-refractivity contribution < 1.29 is 14.4 Å². The van der Waals surface area contributed by atoms with Crippen LogP contribution in [0.2, 0.25) is 0 Å². The number of hydrogen-bond donors (Lipinski definition) is 2. The summed E-state index contributed by atoms with van der Waals surface area (Å²) >= 11 is 0. The van der Waals surface area contributed by atoms with E-state index in [2.05, 4.69) is 10.6 Å². The quantitative estimate of drug-likeness (QED) is 0.857. The first-order chi connectivity index (χ1) is 13.4. The van der Waals surface area contributed by atoms with E-state index in [4.69, 9.17) is 0 Å². The second-order valence-corrected chi connectivity index (χ2v) is 7.08. The number of rotatable bonds is 4. The van der Waals surface area contributed by atoms with Gasteiger partial charge in [-0.15, -0.1) is 0 Å². The lowest BCUT2D eigenvalue weighted by molar-refractivity contribution is -0.120. The number of fused-ring (bicyclic) bond motifs is 1. The van der Waals surface area contributed by atoms with Gasteiger partial charge in [0.15, 0.2) is 0 Å². The van der Waals surface area contributed by atoms with Gasteiger partial charge in [-0.2, -0.15) is 0 Å². The molecule has 146 valence electrons. The first kappa shape index (κ1) is 19.6. The summed E-state index contributed by atoms with van der Waals surface area (Å²) in [4.78, 5) is 38.8. The molecular weight excluding hydrogens is 354 g/mol. The Kier molecular flexibility index (Phi) is 5.78. The molecule has 0 fully saturated rings. The molecule has 3 rings (SSSR count). The van der Waals surface area contributed by atoms with E-state index in [1.807, 2.05) is 24.3 Å². The predicted molar refractivity (Wildman–Crippen MR) is 110 cm³/mol. The van der Waals surface area contributed by atoms with Crippen LogP contribution in [0.4, 0.5) is 11.4 Å². The minimum Gasteiger partial charge on any atom is -0.340 e. The number of nitrogens with one attached hydrogen (secondary N) is 2. The molecule has 0 unspecified atom stereocenters. The molecule has 1 aliphatic rings. The summed E-state index contributed by atoms with van der Waals surface area (Å²) in [7, 11) is 0. The lowest BCUT2D eigenvalue weighted by Crippen LogP contribution is -2.48. The highest BCUT2D eigenvalue weighted by Crippen LogP contribution is 2.27. The van der Waals surface area contributed by atoms with Gasteiger partial charge in [0.2, 0.25) is 11.8 Å². The summed E-state index contributed by atoms with van der Waals surface area (Å²) in [6.07, 6.45) is 1.86. The Morgan fingerprint density at radius 3 is 2.57 bits per heavy atom. The zero-order chi connectivity index (χ0) is 20.3. The standard InChI is InChI=1S/C22H25N3O3/c1-14-18(10-6-11-19(14)24-16(3)26)21(27)23-15(2)22(28)25-13-7-9-17-8-4-5-12-20(17)25/h4-6,8,10-12,15H,7,9,13H2,1-3H3,(H,23,27)(H,24,26)/t15-/m0/s1. The normalized spacial score (nSPS) is 14.0. The second kappa shape index (κ2) is 8.25. The second-order valence-electron chi connectivity index (χ2n) is 7.08.